The van der Waals surface area contributed by atoms with Crippen molar-refractivity contribution in [3.8, 4) is 0 Å². The zero-order valence-electron chi connectivity index (χ0n) is 12.4. The molecule has 1 heterocycles. The number of carboxylic acid groups (broad SMARTS) is 1. The van der Waals surface area contributed by atoms with E-state index in [2.05, 4.69) is 15.5 Å². The fourth-order valence-corrected chi connectivity index (χ4v) is 2.71. The largest absolute Gasteiger partial charge is 0.481 e. The molecule has 2 aliphatic rings. The normalized spacial score (nSPS) is 21.3. The molecule has 0 radical (unpaired) electrons. The third kappa shape index (κ3) is 4.57. The Morgan fingerprint density at radius 3 is 2.48 bits per heavy atom. The van der Waals surface area contributed by atoms with Crippen LogP contribution in [0.25, 0.3) is 0 Å². The first-order valence-electron chi connectivity index (χ1n) is 7.68. The summed E-state index contributed by atoms with van der Waals surface area (Å²) in [5.74, 6) is -0.804. The van der Waals surface area contributed by atoms with Crippen LogP contribution in [-0.2, 0) is 9.53 Å². The average molecular weight is 299 g/mol. The third-order valence-electron chi connectivity index (χ3n) is 4.39. The molecule has 1 saturated heterocycles. The molecule has 0 spiro atoms. The van der Waals surface area contributed by atoms with Gasteiger partial charge in [-0.2, -0.15) is 0 Å². The zero-order valence-corrected chi connectivity index (χ0v) is 12.4. The molecule has 7 nitrogen and oxygen atoms in total. The number of urea groups is 1. The molecule has 1 aliphatic carbocycles. The summed E-state index contributed by atoms with van der Waals surface area (Å²) in [6, 6.07) is -0.274. The Balaban J connectivity index is 1.54. The second kappa shape index (κ2) is 7.61. The molecule has 0 bridgehead atoms. The monoisotopic (exact) mass is 299 g/mol. The second-order valence-electron chi connectivity index (χ2n) is 5.86. The lowest BCUT2D eigenvalue weighted by Gasteiger charge is -2.37. The highest BCUT2D eigenvalue weighted by atomic mass is 16.5. The van der Waals surface area contributed by atoms with Gasteiger partial charge in [0, 0.05) is 26.2 Å². The van der Waals surface area contributed by atoms with Gasteiger partial charge >= 0.3 is 12.0 Å². The van der Waals surface area contributed by atoms with Gasteiger partial charge in [0.1, 0.15) is 0 Å². The van der Waals surface area contributed by atoms with Crippen molar-refractivity contribution < 1.29 is 19.4 Å². The van der Waals surface area contributed by atoms with Crippen molar-refractivity contribution in [1.82, 2.24) is 15.5 Å². The minimum Gasteiger partial charge on any atom is -0.481 e. The van der Waals surface area contributed by atoms with Gasteiger partial charge < -0.3 is 20.5 Å². The van der Waals surface area contributed by atoms with Crippen LogP contribution in [0.1, 0.15) is 25.7 Å². The molecular weight excluding hydrogens is 274 g/mol. The second-order valence-corrected chi connectivity index (χ2v) is 5.86. The van der Waals surface area contributed by atoms with E-state index in [1.54, 1.807) is 0 Å². The lowest BCUT2D eigenvalue weighted by molar-refractivity contribution is -0.153. The van der Waals surface area contributed by atoms with Crippen molar-refractivity contribution in [2.24, 2.45) is 5.41 Å². The Labute approximate surface area is 125 Å². The van der Waals surface area contributed by atoms with Gasteiger partial charge in [0.15, 0.2) is 0 Å². The Kier molecular flexibility index (Phi) is 5.81. The van der Waals surface area contributed by atoms with E-state index < -0.39 is 11.4 Å². The molecule has 0 aromatic heterocycles. The van der Waals surface area contributed by atoms with Crippen molar-refractivity contribution in [1.29, 1.82) is 0 Å². The first-order valence-corrected chi connectivity index (χ1v) is 7.68. The number of hydrogen-bond donors (Lipinski definition) is 3. The molecule has 0 aromatic rings. The number of amides is 2. The van der Waals surface area contributed by atoms with Crippen LogP contribution in [-0.4, -0.2) is 67.9 Å². The van der Waals surface area contributed by atoms with Gasteiger partial charge in [0.2, 0.25) is 0 Å². The van der Waals surface area contributed by atoms with Crippen LogP contribution in [0.5, 0.6) is 0 Å². The van der Waals surface area contributed by atoms with Gasteiger partial charge in [-0.15, -0.1) is 0 Å². The summed E-state index contributed by atoms with van der Waals surface area (Å²) in [6.07, 6.45) is 3.12. The van der Waals surface area contributed by atoms with Crippen LogP contribution in [0.3, 0.4) is 0 Å². The van der Waals surface area contributed by atoms with Crippen LogP contribution < -0.4 is 10.6 Å². The number of hydrogen-bond acceptors (Lipinski definition) is 4. The van der Waals surface area contributed by atoms with Crippen LogP contribution in [0, 0.1) is 5.41 Å². The van der Waals surface area contributed by atoms with Gasteiger partial charge in [-0.3, -0.25) is 9.69 Å². The molecule has 0 atom stereocenters. The minimum atomic E-state index is -0.804. The van der Waals surface area contributed by atoms with E-state index in [1.807, 2.05) is 0 Å². The number of ether oxygens (including phenoxy) is 1. The predicted molar refractivity (Wildman–Crippen MR) is 77.2 cm³/mol. The van der Waals surface area contributed by atoms with Gasteiger partial charge in [-0.1, -0.05) is 6.42 Å². The maximum Gasteiger partial charge on any atom is 0.314 e. The van der Waals surface area contributed by atoms with E-state index in [0.717, 1.165) is 45.7 Å². The smallest absolute Gasteiger partial charge is 0.314 e. The van der Waals surface area contributed by atoms with E-state index in [0.29, 0.717) is 19.4 Å². The summed E-state index contributed by atoms with van der Waals surface area (Å²) < 4.78 is 5.27. The van der Waals surface area contributed by atoms with Crippen molar-refractivity contribution in [2.75, 3.05) is 45.9 Å². The standard InChI is InChI=1S/C14H25N3O4/c18-12(19)14(3-1-4-14)11-16-13(20)15-5-2-6-17-7-9-21-10-8-17/h1-11H2,(H,18,19)(H2,15,16,20). The molecule has 2 amide bonds. The highest BCUT2D eigenvalue weighted by molar-refractivity contribution is 5.78. The van der Waals surface area contributed by atoms with E-state index in [-0.39, 0.29) is 12.6 Å². The molecule has 0 unspecified atom stereocenters. The number of carboxylic acids is 1. The van der Waals surface area contributed by atoms with E-state index in [9.17, 15) is 9.59 Å². The van der Waals surface area contributed by atoms with Crippen LogP contribution in [0.2, 0.25) is 0 Å². The molecule has 2 fully saturated rings. The maximum atomic E-state index is 11.7. The molecule has 2 rings (SSSR count). The Hall–Kier alpha value is -1.34. The topological polar surface area (TPSA) is 90.9 Å². The van der Waals surface area contributed by atoms with Gasteiger partial charge in [0.25, 0.3) is 0 Å². The lowest BCUT2D eigenvalue weighted by atomic mass is 9.69. The van der Waals surface area contributed by atoms with Crippen molar-refractivity contribution in [2.45, 2.75) is 25.7 Å². The Bertz CT molecular complexity index is 365. The molecule has 0 aromatic carbocycles. The highest BCUT2D eigenvalue weighted by Gasteiger charge is 2.44. The Morgan fingerprint density at radius 1 is 1.19 bits per heavy atom. The fraction of sp³-hybridized carbons (Fsp3) is 0.857. The number of aliphatic carboxylic acids is 1. The summed E-state index contributed by atoms with van der Waals surface area (Å²) in [6.45, 7) is 5.24. The van der Waals surface area contributed by atoms with Crippen LogP contribution >= 0.6 is 0 Å². The predicted octanol–water partition coefficient (Wildman–Crippen LogP) is 0.263. The van der Waals surface area contributed by atoms with Gasteiger partial charge in [0.05, 0.1) is 18.6 Å². The highest BCUT2D eigenvalue weighted by Crippen LogP contribution is 2.40. The number of carbonyl (C=O) groups is 2. The van der Waals surface area contributed by atoms with E-state index in [4.69, 9.17) is 9.84 Å². The first-order chi connectivity index (χ1) is 10.1. The van der Waals surface area contributed by atoms with Crippen molar-refractivity contribution in [3.05, 3.63) is 0 Å². The number of carbonyl (C=O) groups excluding carboxylic acids is 1. The summed E-state index contributed by atoms with van der Waals surface area (Å²) in [5, 5.41) is 14.6. The molecule has 21 heavy (non-hydrogen) atoms. The quantitative estimate of drug-likeness (QED) is 0.587. The van der Waals surface area contributed by atoms with E-state index >= 15 is 0 Å². The molecule has 1 saturated carbocycles. The van der Waals surface area contributed by atoms with E-state index in [1.165, 1.54) is 0 Å². The molecule has 1 aliphatic heterocycles. The summed E-state index contributed by atoms with van der Waals surface area (Å²) in [5.41, 5.74) is -0.731. The maximum absolute atomic E-state index is 11.7. The third-order valence-corrected chi connectivity index (χ3v) is 4.39. The Morgan fingerprint density at radius 2 is 1.90 bits per heavy atom. The zero-order chi connectivity index (χ0) is 15.1. The van der Waals surface area contributed by atoms with Crippen molar-refractivity contribution >= 4 is 12.0 Å². The minimum absolute atomic E-state index is 0.220. The fourth-order valence-electron chi connectivity index (χ4n) is 2.71. The van der Waals surface area contributed by atoms with Gasteiger partial charge in [-0.05, 0) is 25.8 Å². The van der Waals surface area contributed by atoms with Gasteiger partial charge in [-0.25, -0.2) is 4.79 Å². The molecule has 7 heteroatoms. The molecule has 3 N–H and O–H groups in total. The SMILES string of the molecule is O=C(NCCCN1CCOCC1)NCC1(C(=O)O)CCC1. The molecule has 120 valence electrons. The summed E-state index contributed by atoms with van der Waals surface area (Å²) >= 11 is 0. The average Bonchev–Trinajstić information content (AvgIpc) is 2.43. The molecular formula is C14H25N3O4. The lowest BCUT2D eigenvalue weighted by Crippen LogP contribution is -2.50. The summed E-state index contributed by atoms with van der Waals surface area (Å²) in [7, 11) is 0. The number of nitrogens with zero attached hydrogens (tertiary/aromatic N) is 1. The van der Waals surface area contributed by atoms with Crippen LogP contribution in [0.4, 0.5) is 4.79 Å². The van der Waals surface area contributed by atoms with Crippen LogP contribution in [0.15, 0.2) is 0 Å². The van der Waals surface area contributed by atoms with Crippen molar-refractivity contribution in [3.63, 3.8) is 0 Å². The number of rotatable bonds is 7. The first kappa shape index (κ1) is 16.0. The summed E-state index contributed by atoms with van der Waals surface area (Å²) in [4.78, 5) is 25.1. The number of morpholine rings is 1. The number of nitrogens with one attached hydrogen (secondary N) is 2.